The van der Waals surface area contributed by atoms with Gasteiger partial charge in [-0.2, -0.15) is 5.26 Å². The van der Waals surface area contributed by atoms with Crippen molar-refractivity contribution in [2.24, 2.45) is 0 Å². The van der Waals surface area contributed by atoms with E-state index < -0.39 is 0 Å². The van der Waals surface area contributed by atoms with Crippen LogP contribution in [0, 0.1) is 14.9 Å². The van der Waals surface area contributed by atoms with Crippen LogP contribution in [0.15, 0.2) is 54.6 Å². The molecule has 0 N–H and O–H groups in total. The lowest BCUT2D eigenvalue weighted by Gasteiger charge is -2.15. The van der Waals surface area contributed by atoms with Crippen LogP contribution in [0.25, 0.3) is 11.6 Å². The third kappa shape index (κ3) is 6.34. The van der Waals surface area contributed by atoms with Gasteiger partial charge in [-0.25, -0.2) is 0 Å². The van der Waals surface area contributed by atoms with Gasteiger partial charge in [-0.1, -0.05) is 23.7 Å². The summed E-state index contributed by atoms with van der Waals surface area (Å²) >= 11 is 8.18. The molecule has 0 aliphatic carbocycles. The second-order valence-electron chi connectivity index (χ2n) is 6.92. The van der Waals surface area contributed by atoms with Crippen molar-refractivity contribution < 1.29 is 18.9 Å². The molecular formula is C26H23ClINO4. The van der Waals surface area contributed by atoms with E-state index in [4.69, 9.17) is 30.5 Å². The maximum Gasteiger partial charge on any atom is 0.175 e. The van der Waals surface area contributed by atoms with E-state index in [9.17, 15) is 5.26 Å². The van der Waals surface area contributed by atoms with E-state index in [0.29, 0.717) is 46.8 Å². The normalized spacial score (nSPS) is 11.0. The van der Waals surface area contributed by atoms with Gasteiger partial charge in [0.25, 0.3) is 0 Å². The summed E-state index contributed by atoms with van der Waals surface area (Å²) in [5, 5.41) is 10.5. The van der Waals surface area contributed by atoms with Gasteiger partial charge in [0.15, 0.2) is 23.0 Å². The Bertz CT molecular complexity index is 1190. The fourth-order valence-corrected chi connectivity index (χ4v) is 4.07. The number of benzene rings is 3. The van der Waals surface area contributed by atoms with Crippen molar-refractivity contribution in [3.8, 4) is 29.1 Å². The van der Waals surface area contributed by atoms with Crippen LogP contribution in [0.4, 0.5) is 0 Å². The number of halogens is 2. The van der Waals surface area contributed by atoms with Crippen LogP contribution in [-0.2, 0) is 6.61 Å². The zero-order chi connectivity index (χ0) is 23.8. The Kier molecular flexibility index (Phi) is 8.87. The lowest BCUT2D eigenvalue weighted by Crippen LogP contribution is -2.02. The number of rotatable bonds is 9. The standard InChI is InChI=1S/C26H23ClINO4/c1-4-32-25-13-18(11-20(15-29)19-7-10-23(30-2)24(14-19)31-3)12-22(28)26(25)33-16-17-5-8-21(27)9-6-17/h5-14H,4,16H2,1-3H3/b20-11+. The van der Waals surface area contributed by atoms with Crippen LogP contribution < -0.4 is 18.9 Å². The zero-order valence-corrected chi connectivity index (χ0v) is 21.4. The van der Waals surface area contributed by atoms with Crippen molar-refractivity contribution in [3.05, 3.63) is 79.9 Å². The summed E-state index contributed by atoms with van der Waals surface area (Å²) in [6, 6.07) is 19.0. The second-order valence-corrected chi connectivity index (χ2v) is 8.52. The third-order valence-corrected chi connectivity index (χ3v) is 5.81. The average Bonchev–Trinajstić information content (AvgIpc) is 2.82. The average molecular weight is 576 g/mol. The first kappa shape index (κ1) is 24.7. The fourth-order valence-electron chi connectivity index (χ4n) is 3.16. The second kappa shape index (κ2) is 11.8. The summed E-state index contributed by atoms with van der Waals surface area (Å²) in [4.78, 5) is 0. The maximum atomic E-state index is 9.80. The number of hydrogen-bond acceptors (Lipinski definition) is 5. The number of allylic oxidation sites excluding steroid dienone is 1. The highest BCUT2D eigenvalue weighted by Gasteiger charge is 2.14. The molecule has 0 fully saturated rings. The van der Waals surface area contributed by atoms with Crippen molar-refractivity contribution in [2.75, 3.05) is 20.8 Å². The molecule has 0 aliphatic heterocycles. The molecule has 0 atom stereocenters. The monoisotopic (exact) mass is 575 g/mol. The van der Waals surface area contributed by atoms with Crippen LogP contribution >= 0.6 is 34.2 Å². The van der Waals surface area contributed by atoms with Gasteiger partial charge in [-0.15, -0.1) is 0 Å². The molecule has 0 saturated heterocycles. The first-order chi connectivity index (χ1) is 16.0. The minimum atomic E-state index is 0.386. The lowest BCUT2D eigenvalue weighted by molar-refractivity contribution is 0.267. The lowest BCUT2D eigenvalue weighted by atomic mass is 10.0. The van der Waals surface area contributed by atoms with Crippen molar-refractivity contribution >= 4 is 45.8 Å². The van der Waals surface area contributed by atoms with E-state index in [2.05, 4.69) is 28.7 Å². The van der Waals surface area contributed by atoms with E-state index >= 15 is 0 Å². The largest absolute Gasteiger partial charge is 0.493 e. The van der Waals surface area contributed by atoms with Gasteiger partial charge in [-0.3, -0.25) is 0 Å². The zero-order valence-electron chi connectivity index (χ0n) is 18.5. The fraction of sp³-hybridized carbons (Fsp3) is 0.192. The molecule has 3 aromatic carbocycles. The number of hydrogen-bond donors (Lipinski definition) is 0. The van der Waals surface area contributed by atoms with Crippen LogP contribution in [0.5, 0.6) is 23.0 Å². The summed E-state index contributed by atoms with van der Waals surface area (Å²) in [5.41, 5.74) is 3.05. The smallest absolute Gasteiger partial charge is 0.175 e. The number of nitriles is 1. The number of methoxy groups -OCH3 is 2. The molecule has 0 amide bonds. The first-order valence-electron chi connectivity index (χ1n) is 10.2. The van der Waals surface area contributed by atoms with Crippen molar-refractivity contribution in [1.82, 2.24) is 0 Å². The Balaban J connectivity index is 1.93. The molecule has 0 aromatic heterocycles. The molecule has 3 aromatic rings. The molecule has 5 nitrogen and oxygen atoms in total. The topological polar surface area (TPSA) is 60.7 Å². The van der Waals surface area contributed by atoms with Crippen LogP contribution in [0.3, 0.4) is 0 Å². The minimum Gasteiger partial charge on any atom is -0.493 e. The van der Waals surface area contributed by atoms with Crippen LogP contribution in [0.1, 0.15) is 23.6 Å². The molecule has 0 saturated carbocycles. The highest BCUT2D eigenvalue weighted by atomic mass is 127. The molecule has 170 valence electrons. The van der Waals surface area contributed by atoms with Crippen molar-refractivity contribution in [3.63, 3.8) is 0 Å². The Morgan fingerprint density at radius 2 is 1.70 bits per heavy atom. The van der Waals surface area contributed by atoms with Crippen LogP contribution in [-0.4, -0.2) is 20.8 Å². The molecule has 0 heterocycles. The molecule has 0 unspecified atom stereocenters. The predicted molar refractivity (Wildman–Crippen MR) is 139 cm³/mol. The summed E-state index contributed by atoms with van der Waals surface area (Å²) in [5.74, 6) is 2.45. The van der Waals surface area contributed by atoms with E-state index in [1.54, 1.807) is 26.4 Å². The van der Waals surface area contributed by atoms with Gasteiger partial charge >= 0.3 is 0 Å². The molecule has 7 heteroatoms. The highest BCUT2D eigenvalue weighted by Crippen LogP contribution is 2.37. The van der Waals surface area contributed by atoms with Gasteiger partial charge in [0.05, 0.1) is 36.0 Å². The number of ether oxygens (including phenoxy) is 4. The van der Waals surface area contributed by atoms with E-state index in [1.807, 2.05) is 55.5 Å². The summed E-state index contributed by atoms with van der Waals surface area (Å²) in [6.07, 6.45) is 1.81. The molecule has 0 aliphatic rings. The van der Waals surface area contributed by atoms with Gasteiger partial charge < -0.3 is 18.9 Å². The number of nitrogens with zero attached hydrogens (tertiary/aromatic N) is 1. The first-order valence-corrected chi connectivity index (χ1v) is 11.6. The van der Waals surface area contributed by atoms with Crippen molar-refractivity contribution in [2.45, 2.75) is 13.5 Å². The quantitative estimate of drug-likeness (QED) is 0.156. The summed E-state index contributed by atoms with van der Waals surface area (Å²) in [6.45, 7) is 2.79. The Hall–Kier alpha value is -2.89. The molecule has 0 bridgehead atoms. The molecule has 0 radical (unpaired) electrons. The predicted octanol–water partition coefficient (Wildman–Crippen LogP) is 7.00. The molecular weight excluding hydrogens is 553 g/mol. The minimum absolute atomic E-state index is 0.386. The summed E-state index contributed by atoms with van der Waals surface area (Å²) in [7, 11) is 3.14. The van der Waals surface area contributed by atoms with Gasteiger partial charge in [0.1, 0.15) is 6.61 Å². The Morgan fingerprint density at radius 1 is 0.970 bits per heavy atom. The Morgan fingerprint density at radius 3 is 2.33 bits per heavy atom. The van der Waals surface area contributed by atoms with Crippen molar-refractivity contribution in [1.29, 1.82) is 5.26 Å². The van der Waals surface area contributed by atoms with E-state index in [0.717, 1.165) is 20.3 Å². The third-order valence-electron chi connectivity index (χ3n) is 4.75. The molecule has 0 spiro atoms. The van der Waals surface area contributed by atoms with E-state index in [1.165, 1.54) is 0 Å². The van der Waals surface area contributed by atoms with Crippen LogP contribution in [0.2, 0.25) is 5.02 Å². The molecule has 33 heavy (non-hydrogen) atoms. The van der Waals surface area contributed by atoms with Gasteiger partial charge in [-0.05, 0) is 94.7 Å². The highest BCUT2D eigenvalue weighted by molar-refractivity contribution is 14.1. The summed E-state index contributed by atoms with van der Waals surface area (Å²) < 4.78 is 23.5. The Labute approximate surface area is 212 Å². The van der Waals surface area contributed by atoms with E-state index in [-0.39, 0.29) is 0 Å². The maximum absolute atomic E-state index is 9.80. The molecule has 3 rings (SSSR count). The van der Waals surface area contributed by atoms with Gasteiger partial charge in [0, 0.05) is 5.02 Å². The van der Waals surface area contributed by atoms with Gasteiger partial charge in [0.2, 0.25) is 0 Å². The SMILES string of the molecule is CCOc1cc(/C=C(\C#N)c2ccc(OC)c(OC)c2)cc(I)c1OCc1ccc(Cl)cc1.